The van der Waals surface area contributed by atoms with Gasteiger partial charge in [-0.05, 0) is 18.6 Å². The summed E-state index contributed by atoms with van der Waals surface area (Å²) in [5.41, 5.74) is 1.97. The van der Waals surface area contributed by atoms with Crippen LogP contribution in [0.25, 0.3) is 0 Å². The van der Waals surface area contributed by atoms with Crippen LogP contribution in [-0.4, -0.2) is 37.1 Å². The van der Waals surface area contributed by atoms with Crippen LogP contribution in [0, 0.1) is 6.92 Å². The van der Waals surface area contributed by atoms with Crippen LogP contribution in [-0.2, 0) is 0 Å². The van der Waals surface area contributed by atoms with Gasteiger partial charge in [0.15, 0.2) is 0 Å². The van der Waals surface area contributed by atoms with E-state index in [1.54, 1.807) is 4.90 Å². The van der Waals surface area contributed by atoms with Crippen LogP contribution in [0.2, 0.25) is 0 Å². The molecular formula is C12H16N3O. The lowest BCUT2D eigenvalue weighted by atomic mass is 10.2. The number of aryl methyl sites for hydroxylation is 1. The van der Waals surface area contributed by atoms with Crippen molar-refractivity contribution in [1.29, 1.82) is 0 Å². The zero-order valence-electron chi connectivity index (χ0n) is 9.44. The number of carbonyl (C=O) groups is 1. The predicted molar refractivity (Wildman–Crippen MR) is 63.6 cm³/mol. The van der Waals surface area contributed by atoms with Crippen molar-refractivity contribution in [2.45, 2.75) is 6.92 Å². The molecule has 0 atom stereocenters. The molecule has 1 aliphatic heterocycles. The third-order valence-corrected chi connectivity index (χ3v) is 2.73. The van der Waals surface area contributed by atoms with Crippen LogP contribution >= 0.6 is 0 Å². The first-order chi connectivity index (χ1) is 7.77. The largest absolute Gasteiger partial charge is 0.322 e. The fraction of sp³-hybridized carbons (Fsp3) is 0.417. The summed E-state index contributed by atoms with van der Waals surface area (Å²) < 4.78 is 0. The third kappa shape index (κ3) is 2.52. The molecule has 0 saturated carbocycles. The van der Waals surface area contributed by atoms with Crippen LogP contribution in [0.15, 0.2) is 24.3 Å². The lowest BCUT2D eigenvalue weighted by Crippen LogP contribution is -2.45. The molecule has 85 valence electrons. The van der Waals surface area contributed by atoms with E-state index in [0.29, 0.717) is 0 Å². The molecule has 2 amide bonds. The summed E-state index contributed by atoms with van der Waals surface area (Å²) in [6.45, 7) is 4.93. The highest BCUT2D eigenvalue weighted by molar-refractivity contribution is 5.90. The number of benzene rings is 1. The molecule has 1 saturated heterocycles. The van der Waals surface area contributed by atoms with E-state index in [1.807, 2.05) is 31.2 Å². The highest BCUT2D eigenvalue weighted by atomic mass is 16.2. The average molecular weight is 218 g/mol. The minimum Gasteiger partial charge on any atom is -0.322 e. The molecule has 0 unspecified atom stereocenters. The summed E-state index contributed by atoms with van der Waals surface area (Å²) in [7, 11) is 0. The van der Waals surface area contributed by atoms with Gasteiger partial charge in [0.2, 0.25) is 0 Å². The average Bonchev–Trinajstić information content (AvgIpc) is 2.33. The van der Waals surface area contributed by atoms with Crippen molar-refractivity contribution in [3.63, 3.8) is 0 Å². The highest BCUT2D eigenvalue weighted by Crippen LogP contribution is 2.13. The highest BCUT2D eigenvalue weighted by Gasteiger charge is 2.16. The minimum absolute atomic E-state index is 0.0239. The van der Waals surface area contributed by atoms with Gasteiger partial charge in [0, 0.05) is 31.9 Å². The molecule has 0 aromatic heterocycles. The molecule has 1 N–H and O–H groups in total. The number of anilines is 1. The number of nitrogens with zero attached hydrogens (tertiary/aromatic N) is 2. The van der Waals surface area contributed by atoms with E-state index in [2.05, 4.69) is 10.6 Å². The first-order valence-corrected chi connectivity index (χ1v) is 5.52. The smallest absolute Gasteiger partial charge is 0.321 e. The number of amides is 2. The fourth-order valence-electron chi connectivity index (χ4n) is 1.72. The molecule has 1 aliphatic rings. The first-order valence-electron chi connectivity index (χ1n) is 5.52. The summed E-state index contributed by atoms with van der Waals surface area (Å²) in [6.07, 6.45) is 0. The van der Waals surface area contributed by atoms with Gasteiger partial charge in [0.1, 0.15) is 0 Å². The van der Waals surface area contributed by atoms with Crippen LogP contribution in [0.3, 0.4) is 0 Å². The zero-order valence-corrected chi connectivity index (χ0v) is 9.44. The second kappa shape index (κ2) is 4.99. The van der Waals surface area contributed by atoms with E-state index in [-0.39, 0.29) is 6.03 Å². The maximum atomic E-state index is 11.9. The fourth-order valence-corrected chi connectivity index (χ4v) is 1.72. The molecule has 4 nitrogen and oxygen atoms in total. The number of urea groups is 1. The Bertz CT molecular complexity index is 372. The summed E-state index contributed by atoms with van der Waals surface area (Å²) >= 11 is 0. The molecule has 0 bridgehead atoms. The van der Waals surface area contributed by atoms with Crippen molar-refractivity contribution >= 4 is 11.7 Å². The van der Waals surface area contributed by atoms with Gasteiger partial charge in [-0.2, -0.15) is 0 Å². The van der Waals surface area contributed by atoms with E-state index in [9.17, 15) is 4.79 Å². The van der Waals surface area contributed by atoms with E-state index >= 15 is 0 Å². The van der Waals surface area contributed by atoms with Gasteiger partial charge in [0.25, 0.3) is 0 Å². The molecule has 1 aromatic rings. The Kier molecular flexibility index (Phi) is 3.41. The number of piperazine rings is 1. The molecule has 1 radical (unpaired) electrons. The van der Waals surface area contributed by atoms with Crippen molar-refractivity contribution in [2.75, 3.05) is 31.5 Å². The second-order valence-corrected chi connectivity index (χ2v) is 3.90. The quantitative estimate of drug-likeness (QED) is 0.762. The van der Waals surface area contributed by atoms with Gasteiger partial charge in [-0.25, -0.2) is 10.1 Å². The Balaban J connectivity index is 1.99. The lowest BCUT2D eigenvalue weighted by Gasteiger charge is -2.26. The summed E-state index contributed by atoms with van der Waals surface area (Å²) in [6, 6.07) is 7.77. The number of carbonyl (C=O) groups excluding carboxylic acids is 1. The standard InChI is InChI=1S/C12H16N3O/c1-10-4-2-3-5-11(10)14-12(16)15-8-6-13-7-9-15/h2-5H,6-9H2,1H3,(H,14,16). The van der Waals surface area contributed by atoms with Crippen molar-refractivity contribution in [2.24, 2.45) is 0 Å². The van der Waals surface area contributed by atoms with E-state index in [4.69, 9.17) is 0 Å². The van der Waals surface area contributed by atoms with Crippen LogP contribution < -0.4 is 10.6 Å². The molecule has 0 aliphatic carbocycles. The molecule has 1 fully saturated rings. The van der Waals surface area contributed by atoms with E-state index in [1.165, 1.54) is 0 Å². The number of nitrogens with one attached hydrogen (secondary N) is 1. The number of para-hydroxylation sites is 1. The van der Waals surface area contributed by atoms with Gasteiger partial charge < -0.3 is 10.2 Å². The van der Waals surface area contributed by atoms with Gasteiger partial charge in [0.05, 0.1) is 0 Å². The Morgan fingerprint density at radius 3 is 2.69 bits per heavy atom. The molecule has 2 rings (SSSR count). The van der Waals surface area contributed by atoms with Crippen molar-refractivity contribution < 1.29 is 4.79 Å². The van der Waals surface area contributed by atoms with Crippen molar-refractivity contribution in [1.82, 2.24) is 10.2 Å². The van der Waals surface area contributed by atoms with Gasteiger partial charge in [-0.15, -0.1) is 0 Å². The SMILES string of the molecule is Cc1ccccc1NC(=O)N1CC[N]CC1. The molecular weight excluding hydrogens is 202 g/mol. The minimum atomic E-state index is -0.0239. The number of hydrogen-bond donors (Lipinski definition) is 1. The van der Waals surface area contributed by atoms with E-state index in [0.717, 1.165) is 37.4 Å². The molecule has 16 heavy (non-hydrogen) atoms. The third-order valence-electron chi connectivity index (χ3n) is 2.73. The summed E-state index contributed by atoms with van der Waals surface area (Å²) in [5, 5.41) is 7.14. The molecule has 4 heteroatoms. The second-order valence-electron chi connectivity index (χ2n) is 3.90. The van der Waals surface area contributed by atoms with Gasteiger partial charge in [-0.1, -0.05) is 18.2 Å². The van der Waals surface area contributed by atoms with Gasteiger partial charge in [-0.3, -0.25) is 0 Å². The van der Waals surface area contributed by atoms with Crippen molar-refractivity contribution in [3.8, 4) is 0 Å². The van der Waals surface area contributed by atoms with Crippen LogP contribution in [0.1, 0.15) is 5.56 Å². The Hall–Kier alpha value is -1.55. The maximum absolute atomic E-state index is 11.9. The van der Waals surface area contributed by atoms with Crippen molar-refractivity contribution in [3.05, 3.63) is 29.8 Å². The van der Waals surface area contributed by atoms with Gasteiger partial charge >= 0.3 is 6.03 Å². The molecule has 1 aromatic carbocycles. The maximum Gasteiger partial charge on any atom is 0.321 e. The van der Waals surface area contributed by atoms with Crippen LogP contribution in [0.5, 0.6) is 0 Å². The Labute approximate surface area is 95.6 Å². The number of rotatable bonds is 1. The molecule has 1 heterocycles. The summed E-state index contributed by atoms with van der Waals surface area (Å²) in [5.74, 6) is 0. The predicted octanol–water partition coefficient (Wildman–Crippen LogP) is 1.45. The Morgan fingerprint density at radius 1 is 1.31 bits per heavy atom. The zero-order chi connectivity index (χ0) is 11.4. The normalized spacial score (nSPS) is 15.9. The number of hydrogen-bond acceptors (Lipinski definition) is 1. The first kappa shape index (κ1) is 11.0. The summed E-state index contributed by atoms with van der Waals surface area (Å²) in [4.78, 5) is 13.7. The van der Waals surface area contributed by atoms with E-state index < -0.39 is 0 Å². The Morgan fingerprint density at radius 2 is 2.00 bits per heavy atom. The molecule has 0 spiro atoms. The topological polar surface area (TPSA) is 46.4 Å². The lowest BCUT2D eigenvalue weighted by molar-refractivity contribution is 0.203. The monoisotopic (exact) mass is 218 g/mol. The van der Waals surface area contributed by atoms with Crippen LogP contribution in [0.4, 0.5) is 10.5 Å².